The Labute approximate surface area is 305 Å². The third-order valence-electron chi connectivity index (χ3n) is 13.3. The molecule has 1 spiro atoms. The van der Waals surface area contributed by atoms with Crippen molar-refractivity contribution in [1.82, 2.24) is 16.0 Å². The summed E-state index contributed by atoms with van der Waals surface area (Å²) in [7, 11) is 1.82. The van der Waals surface area contributed by atoms with Crippen LogP contribution in [0.25, 0.3) is 0 Å². The molecule has 2 heterocycles. The van der Waals surface area contributed by atoms with E-state index >= 15 is 0 Å². The number of ether oxygens (including phenoxy) is 3. The maximum absolute atomic E-state index is 14.2. The summed E-state index contributed by atoms with van der Waals surface area (Å²) in [6.07, 6.45) is 8.90. The quantitative estimate of drug-likeness (QED) is 0.0741. The molecular formula is C36H59N7O9. The average molecular weight is 734 g/mol. The number of primary amides is 1. The fourth-order valence-corrected chi connectivity index (χ4v) is 10.6. The molecule has 0 aromatic rings. The van der Waals surface area contributed by atoms with Crippen LogP contribution in [0.15, 0.2) is 4.99 Å². The zero-order valence-corrected chi connectivity index (χ0v) is 30.8. The maximum atomic E-state index is 14.2. The van der Waals surface area contributed by atoms with E-state index < -0.39 is 66.5 Å². The molecule has 292 valence electrons. The number of hydrogen-bond donors (Lipinski definition) is 7. The van der Waals surface area contributed by atoms with Gasteiger partial charge in [-0.3, -0.25) is 29.0 Å². The number of rotatable bonds is 14. The largest absolute Gasteiger partial charge is 0.481 e. The van der Waals surface area contributed by atoms with Crippen LogP contribution in [-0.4, -0.2) is 97.5 Å². The molecule has 0 aromatic carbocycles. The van der Waals surface area contributed by atoms with E-state index in [0.29, 0.717) is 49.7 Å². The van der Waals surface area contributed by atoms with Crippen LogP contribution in [0.1, 0.15) is 97.3 Å². The SMILES string of the molecule is CO[C@H]1CC[C@@]2(C)[C@@H](CC[C@H]3[C@@H]2CC[C@@]2(C)[C@H]3C[C@H](C(=O)N[C@@H](CCCN=C(N)N)C(=O)NCC(=O)N[C@@H](CC(=O)O)C(N)=O)O[C@]23CCCO3)C1. The van der Waals surface area contributed by atoms with Crippen LogP contribution >= 0.6 is 0 Å². The highest BCUT2D eigenvalue weighted by atomic mass is 16.7. The summed E-state index contributed by atoms with van der Waals surface area (Å²) in [6, 6.07) is -2.52. The molecule has 5 aliphatic rings. The normalized spacial score (nSPS) is 36.2. The second kappa shape index (κ2) is 16.3. The molecule has 2 saturated heterocycles. The van der Waals surface area contributed by atoms with Gasteiger partial charge in [-0.1, -0.05) is 13.8 Å². The first kappa shape index (κ1) is 39.7. The molecule has 16 heteroatoms. The summed E-state index contributed by atoms with van der Waals surface area (Å²) in [6.45, 7) is 4.98. The van der Waals surface area contributed by atoms with Crippen molar-refractivity contribution in [2.24, 2.45) is 56.7 Å². The van der Waals surface area contributed by atoms with Crippen molar-refractivity contribution in [1.29, 1.82) is 0 Å². The summed E-state index contributed by atoms with van der Waals surface area (Å²) < 4.78 is 19.1. The van der Waals surface area contributed by atoms with Crippen LogP contribution in [-0.2, 0) is 38.2 Å². The second-order valence-corrected chi connectivity index (χ2v) is 16.1. The van der Waals surface area contributed by atoms with Gasteiger partial charge in [-0.05, 0) is 99.7 Å². The monoisotopic (exact) mass is 733 g/mol. The van der Waals surface area contributed by atoms with Crippen LogP contribution in [0, 0.1) is 34.5 Å². The molecule has 0 radical (unpaired) electrons. The van der Waals surface area contributed by atoms with Crippen molar-refractivity contribution >= 4 is 35.6 Å². The predicted octanol–water partition coefficient (Wildman–Crippen LogP) is 0.645. The Hall–Kier alpha value is -3.50. The molecule has 3 aliphatic carbocycles. The van der Waals surface area contributed by atoms with Crippen LogP contribution in [0.4, 0.5) is 0 Å². The van der Waals surface area contributed by atoms with E-state index in [1.807, 2.05) is 7.11 Å². The number of aliphatic carboxylic acids is 1. The molecular weight excluding hydrogens is 674 g/mol. The number of guanidine groups is 1. The lowest BCUT2D eigenvalue weighted by atomic mass is 9.42. The number of carboxylic acids is 1. The minimum absolute atomic E-state index is 0.104. The number of carbonyl (C=O) groups excluding carboxylic acids is 4. The minimum Gasteiger partial charge on any atom is -0.481 e. The number of fused-ring (bicyclic) bond motifs is 6. The third kappa shape index (κ3) is 8.18. The molecule has 5 rings (SSSR count). The molecule has 16 nitrogen and oxygen atoms in total. The van der Waals surface area contributed by atoms with E-state index in [1.165, 1.54) is 0 Å². The van der Waals surface area contributed by atoms with Gasteiger partial charge < -0.3 is 52.5 Å². The van der Waals surface area contributed by atoms with Crippen LogP contribution < -0.4 is 33.2 Å². The summed E-state index contributed by atoms with van der Waals surface area (Å²) >= 11 is 0. The Morgan fingerprint density at radius 2 is 1.73 bits per heavy atom. The van der Waals surface area contributed by atoms with Crippen molar-refractivity contribution in [3.63, 3.8) is 0 Å². The summed E-state index contributed by atoms with van der Waals surface area (Å²) in [5.41, 5.74) is 16.1. The smallest absolute Gasteiger partial charge is 0.305 e. The topological polar surface area (TPSA) is 260 Å². The van der Waals surface area contributed by atoms with E-state index in [-0.39, 0.29) is 35.7 Å². The summed E-state index contributed by atoms with van der Waals surface area (Å²) in [5, 5.41) is 16.6. The third-order valence-corrected chi connectivity index (χ3v) is 13.3. The Balaban J connectivity index is 1.31. The number of nitrogens with two attached hydrogens (primary N) is 3. The van der Waals surface area contributed by atoms with E-state index in [2.05, 4.69) is 34.8 Å². The highest BCUT2D eigenvalue weighted by Gasteiger charge is 2.67. The fourth-order valence-electron chi connectivity index (χ4n) is 10.6. The molecule has 0 unspecified atom stereocenters. The minimum atomic E-state index is -1.45. The number of aliphatic imine (C=N–C) groups is 1. The molecule has 4 amide bonds. The number of methoxy groups -OCH3 is 1. The molecule has 2 aliphatic heterocycles. The van der Waals surface area contributed by atoms with Gasteiger partial charge in [0.1, 0.15) is 18.2 Å². The lowest BCUT2D eigenvalue weighted by Gasteiger charge is -2.66. The second-order valence-electron chi connectivity index (χ2n) is 16.1. The van der Waals surface area contributed by atoms with Gasteiger partial charge in [0.25, 0.3) is 0 Å². The number of amides is 4. The first-order valence-electron chi connectivity index (χ1n) is 18.9. The first-order valence-corrected chi connectivity index (χ1v) is 18.9. The molecule has 5 fully saturated rings. The van der Waals surface area contributed by atoms with Crippen LogP contribution in [0.2, 0.25) is 0 Å². The number of nitrogens with one attached hydrogen (secondary N) is 3. The zero-order valence-electron chi connectivity index (χ0n) is 30.8. The Bertz CT molecular complexity index is 1390. The van der Waals surface area contributed by atoms with Crippen molar-refractivity contribution < 1.29 is 43.3 Å². The molecule has 52 heavy (non-hydrogen) atoms. The molecule has 3 saturated carbocycles. The van der Waals surface area contributed by atoms with E-state index in [9.17, 15) is 24.0 Å². The molecule has 10 N–H and O–H groups in total. The standard InChI is InChI=1S/C36H59N7O9/c1-34-12-9-21(50-3)16-20(34)7-8-22-23(34)10-13-35(2)24(22)17-27(52-36(35)11-5-15-51-36)32(49)43-25(6-4-14-40-33(38)39)31(48)41-19-28(44)42-26(30(37)47)18-29(45)46/h20-27H,4-19H2,1-3H3,(H2,37,47)(H,41,48)(H,42,44)(H,43,49)(H,45,46)(H4,38,39,40)/t20-,21-,22-,23-,24-,25-,26-,27+,34-,35-,36+/m0/s1. The van der Waals surface area contributed by atoms with E-state index in [1.54, 1.807) is 0 Å². The van der Waals surface area contributed by atoms with Gasteiger partial charge >= 0.3 is 5.97 Å². The number of hydrogen-bond acceptors (Lipinski definition) is 9. The van der Waals surface area contributed by atoms with Gasteiger partial charge in [0.05, 0.1) is 25.7 Å². The predicted molar refractivity (Wildman–Crippen MR) is 189 cm³/mol. The van der Waals surface area contributed by atoms with E-state index in [0.717, 1.165) is 51.4 Å². The highest BCUT2D eigenvalue weighted by molar-refractivity contribution is 5.93. The van der Waals surface area contributed by atoms with Gasteiger partial charge in [-0.2, -0.15) is 0 Å². The maximum Gasteiger partial charge on any atom is 0.305 e. The Kier molecular flexibility index (Phi) is 12.4. The van der Waals surface area contributed by atoms with Crippen molar-refractivity contribution in [2.45, 2.75) is 127 Å². The highest BCUT2D eigenvalue weighted by Crippen LogP contribution is 2.68. The van der Waals surface area contributed by atoms with E-state index in [4.69, 9.17) is 36.5 Å². The lowest BCUT2D eigenvalue weighted by Crippen LogP contribution is -2.66. The van der Waals surface area contributed by atoms with Gasteiger partial charge in [0.15, 0.2) is 11.7 Å². The zero-order chi connectivity index (χ0) is 37.8. The van der Waals surface area contributed by atoms with Crippen molar-refractivity contribution in [2.75, 3.05) is 26.8 Å². The van der Waals surface area contributed by atoms with Gasteiger partial charge in [0.2, 0.25) is 23.6 Å². The van der Waals surface area contributed by atoms with Crippen molar-refractivity contribution in [3.8, 4) is 0 Å². The van der Waals surface area contributed by atoms with Gasteiger partial charge in [-0.25, -0.2) is 0 Å². The molecule has 11 atom stereocenters. The average Bonchev–Trinajstić information content (AvgIpc) is 3.57. The summed E-state index contributed by atoms with van der Waals surface area (Å²) in [5.74, 6) is -3.49. The Morgan fingerprint density at radius 3 is 2.38 bits per heavy atom. The van der Waals surface area contributed by atoms with Crippen molar-refractivity contribution in [3.05, 3.63) is 0 Å². The number of nitrogens with zero attached hydrogens (tertiary/aromatic N) is 1. The molecule has 0 aromatic heterocycles. The number of carbonyl (C=O) groups is 5. The fraction of sp³-hybridized carbons (Fsp3) is 0.833. The Morgan fingerprint density at radius 1 is 0.962 bits per heavy atom. The van der Waals surface area contributed by atoms with Crippen LogP contribution in [0.3, 0.4) is 0 Å². The van der Waals surface area contributed by atoms with Crippen LogP contribution in [0.5, 0.6) is 0 Å². The summed E-state index contributed by atoms with van der Waals surface area (Å²) in [4.78, 5) is 66.9. The molecule has 0 bridgehead atoms. The number of carboxylic acid groups (broad SMARTS) is 1. The van der Waals surface area contributed by atoms with Gasteiger partial charge in [-0.15, -0.1) is 0 Å². The first-order chi connectivity index (χ1) is 24.6. The van der Waals surface area contributed by atoms with Gasteiger partial charge in [0, 0.05) is 25.5 Å². The lowest BCUT2D eigenvalue weighted by molar-refractivity contribution is -0.348.